The smallest absolute Gasteiger partial charge is 0.240 e. The highest BCUT2D eigenvalue weighted by Crippen LogP contribution is 2.37. The number of nitrogens with zero attached hydrogens (tertiary/aromatic N) is 2. The van der Waals surface area contributed by atoms with Gasteiger partial charge in [0.2, 0.25) is 11.7 Å². The lowest BCUT2D eigenvalue weighted by molar-refractivity contribution is 0.00647. The summed E-state index contributed by atoms with van der Waals surface area (Å²) in [5.41, 5.74) is 6.21. The predicted octanol–water partition coefficient (Wildman–Crippen LogP) is 1.76. The Hall–Kier alpha value is -2.12. The Balaban J connectivity index is 1.89. The van der Waals surface area contributed by atoms with Crippen molar-refractivity contribution in [2.45, 2.75) is 25.5 Å². The zero-order valence-electron chi connectivity index (χ0n) is 12.4. The Morgan fingerprint density at radius 3 is 3.00 bits per heavy atom. The van der Waals surface area contributed by atoms with Crippen LogP contribution in [0.1, 0.15) is 18.7 Å². The fraction of sp³-hybridized carbons (Fsp3) is 0.467. The Morgan fingerprint density at radius 2 is 2.32 bits per heavy atom. The van der Waals surface area contributed by atoms with Crippen LogP contribution in [0, 0.1) is 0 Å². The first-order chi connectivity index (χ1) is 10.8. The van der Waals surface area contributed by atoms with Crippen molar-refractivity contribution in [1.82, 2.24) is 10.1 Å². The van der Waals surface area contributed by atoms with E-state index in [9.17, 15) is 0 Å². The van der Waals surface area contributed by atoms with E-state index >= 15 is 0 Å². The molecule has 0 spiro atoms. The van der Waals surface area contributed by atoms with Gasteiger partial charge in [0, 0.05) is 6.61 Å². The van der Waals surface area contributed by atoms with E-state index in [0.29, 0.717) is 35.4 Å². The average molecular weight is 305 g/mol. The summed E-state index contributed by atoms with van der Waals surface area (Å²) in [5.74, 6) is 2.04. The highest BCUT2D eigenvalue weighted by Gasteiger charge is 2.21. The minimum Gasteiger partial charge on any atom is -0.492 e. The second kappa shape index (κ2) is 6.76. The number of nitrogens with two attached hydrogens (primary N) is 1. The molecule has 1 fully saturated rings. The lowest BCUT2D eigenvalue weighted by Gasteiger charge is -2.24. The molecule has 1 aliphatic rings. The van der Waals surface area contributed by atoms with Gasteiger partial charge in [-0.2, -0.15) is 4.98 Å². The second-order valence-electron chi connectivity index (χ2n) is 5.01. The number of para-hydroxylation sites is 1. The molecule has 0 saturated carbocycles. The van der Waals surface area contributed by atoms with Crippen LogP contribution in [-0.4, -0.2) is 36.6 Å². The molecule has 1 saturated heterocycles. The molecule has 1 aromatic carbocycles. The first-order valence-electron chi connectivity index (χ1n) is 7.26. The third-order valence-electron chi connectivity index (χ3n) is 3.48. The molecule has 2 heterocycles. The topological polar surface area (TPSA) is 92.6 Å². The minimum atomic E-state index is 0.0303. The molecule has 7 nitrogen and oxygen atoms in total. The maximum atomic E-state index is 6.01. The van der Waals surface area contributed by atoms with Crippen LogP contribution in [0.4, 0.5) is 0 Å². The summed E-state index contributed by atoms with van der Waals surface area (Å²) in [7, 11) is 1.59. The largest absolute Gasteiger partial charge is 0.492 e. The van der Waals surface area contributed by atoms with Gasteiger partial charge in [-0.25, -0.2) is 0 Å². The number of hydrogen-bond donors (Lipinski definition) is 1. The molecule has 118 valence electrons. The van der Waals surface area contributed by atoms with Crippen molar-refractivity contribution in [1.29, 1.82) is 0 Å². The van der Waals surface area contributed by atoms with Crippen molar-refractivity contribution in [3.05, 3.63) is 24.1 Å². The van der Waals surface area contributed by atoms with Gasteiger partial charge < -0.3 is 24.5 Å². The molecule has 0 aliphatic carbocycles. The highest BCUT2D eigenvalue weighted by atomic mass is 16.5. The summed E-state index contributed by atoms with van der Waals surface area (Å²) in [6.45, 7) is 1.58. The molecule has 22 heavy (non-hydrogen) atoms. The summed E-state index contributed by atoms with van der Waals surface area (Å²) in [4.78, 5) is 4.23. The van der Waals surface area contributed by atoms with Crippen LogP contribution in [0.5, 0.6) is 11.5 Å². The van der Waals surface area contributed by atoms with E-state index in [1.807, 2.05) is 18.2 Å². The first kappa shape index (κ1) is 14.8. The second-order valence-corrected chi connectivity index (χ2v) is 5.01. The van der Waals surface area contributed by atoms with Crippen LogP contribution in [-0.2, 0) is 11.3 Å². The number of methoxy groups -OCH3 is 1. The summed E-state index contributed by atoms with van der Waals surface area (Å²) in [6.07, 6.45) is 1.99. The van der Waals surface area contributed by atoms with E-state index in [-0.39, 0.29) is 12.6 Å². The normalized spacial score (nSPS) is 18.2. The van der Waals surface area contributed by atoms with Gasteiger partial charge in [0.1, 0.15) is 6.10 Å². The summed E-state index contributed by atoms with van der Waals surface area (Å²) in [6, 6.07) is 5.59. The van der Waals surface area contributed by atoms with E-state index in [4.69, 9.17) is 24.5 Å². The number of rotatable bonds is 5. The highest BCUT2D eigenvalue weighted by molar-refractivity contribution is 5.68. The van der Waals surface area contributed by atoms with Crippen molar-refractivity contribution in [3.8, 4) is 22.9 Å². The lowest BCUT2D eigenvalue weighted by Crippen LogP contribution is -2.28. The van der Waals surface area contributed by atoms with E-state index < -0.39 is 0 Å². The maximum Gasteiger partial charge on any atom is 0.240 e. The van der Waals surface area contributed by atoms with Crippen molar-refractivity contribution in [3.63, 3.8) is 0 Å². The standard InChI is InChI=1S/C15H19N3O4/c1-19-14-11(15-17-13(8-16)22-18-15)5-2-6-12(14)21-10-4-3-7-20-9-10/h2,5-6,10H,3-4,7-9,16H2,1H3. The zero-order valence-corrected chi connectivity index (χ0v) is 12.4. The van der Waals surface area contributed by atoms with Gasteiger partial charge in [-0.15, -0.1) is 0 Å². The van der Waals surface area contributed by atoms with Gasteiger partial charge in [-0.3, -0.25) is 0 Å². The predicted molar refractivity (Wildman–Crippen MR) is 78.6 cm³/mol. The fourth-order valence-corrected chi connectivity index (χ4v) is 2.43. The number of aromatic nitrogens is 2. The fourth-order valence-electron chi connectivity index (χ4n) is 2.43. The molecule has 1 unspecified atom stereocenters. The maximum absolute atomic E-state index is 6.01. The van der Waals surface area contributed by atoms with Crippen LogP contribution in [0.2, 0.25) is 0 Å². The summed E-state index contributed by atoms with van der Waals surface area (Å²) >= 11 is 0. The Kier molecular flexibility index (Phi) is 4.55. The summed E-state index contributed by atoms with van der Waals surface area (Å²) < 4.78 is 22.0. The molecule has 1 atom stereocenters. The van der Waals surface area contributed by atoms with E-state index in [1.54, 1.807) is 7.11 Å². The number of benzene rings is 1. The monoisotopic (exact) mass is 305 g/mol. The van der Waals surface area contributed by atoms with Gasteiger partial charge >= 0.3 is 0 Å². The van der Waals surface area contributed by atoms with Crippen molar-refractivity contribution >= 4 is 0 Å². The SMILES string of the molecule is COc1c(OC2CCCOC2)cccc1-c1noc(CN)n1. The van der Waals surface area contributed by atoms with Gasteiger partial charge in [0.15, 0.2) is 11.5 Å². The van der Waals surface area contributed by atoms with Gasteiger partial charge in [-0.1, -0.05) is 11.2 Å². The van der Waals surface area contributed by atoms with E-state index in [0.717, 1.165) is 19.4 Å². The molecule has 7 heteroatoms. The number of ether oxygens (including phenoxy) is 3. The van der Waals surface area contributed by atoms with Crippen LogP contribution in [0.3, 0.4) is 0 Å². The Morgan fingerprint density at radius 1 is 1.41 bits per heavy atom. The molecular formula is C15H19N3O4. The molecule has 0 bridgehead atoms. The molecule has 3 rings (SSSR count). The van der Waals surface area contributed by atoms with E-state index in [1.165, 1.54) is 0 Å². The summed E-state index contributed by atoms with van der Waals surface area (Å²) in [5, 5.41) is 3.93. The third kappa shape index (κ3) is 3.05. The minimum absolute atomic E-state index is 0.0303. The molecule has 1 aromatic heterocycles. The zero-order chi connectivity index (χ0) is 15.4. The quantitative estimate of drug-likeness (QED) is 0.899. The van der Waals surface area contributed by atoms with E-state index in [2.05, 4.69) is 10.1 Å². The van der Waals surface area contributed by atoms with Crippen molar-refractivity contribution in [2.24, 2.45) is 5.73 Å². The lowest BCUT2D eigenvalue weighted by atomic mass is 10.1. The molecular weight excluding hydrogens is 286 g/mol. The first-order valence-corrected chi connectivity index (χ1v) is 7.26. The number of hydrogen-bond acceptors (Lipinski definition) is 7. The molecule has 0 amide bonds. The van der Waals surface area contributed by atoms with Crippen LogP contribution in [0.25, 0.3) is 11.4 Å². The van der Waals surface area contributed by atoms with Crippen LogP contribution < -0.4 is 15.2 Å². The molecule has 2 N–H and O–H groups in total. The van der Waals surface area contributed by atoms with Crippen molar-refractivity contribution < 1.29 is 18.7 Å². The van der Waals surface area contributed by atoms with Crippen LogP contribution in [0.15, 0.2) is 22.7 Å². The van der Waals surface area contributed by atoms with Crippen molar-refractivity contribution in [2.75, 3.05) is 20.3 Å². The Bertz CT molecular complexity index is 623. The van der Waals surface area contributed by atoms with Crippen LogP contribution >= 0.6 is 0 Å². The van der Waals surface area contributed by atoms with Gasteiger partial charge in [0.05, 0.1) is 25.8 Å². The molecule has 1 aliphatic heterocycles. The molecule has 0 radical (unpaired) electrons. The molecule has 2 aromatic rings. The van der Waals surface area contributed by atoms with Gasteiger partial charge in [0.25, 0.3) is 0 Å². The Labute approximate surface area is 128 Å². The third-order valence-corrected chi connectivity index (χ3v) is 3.48. The van der Waals surface area contributed by atoms with Gasteiger partial charge in [-0.05, 0) is 25.0 Å². The average Bonchev–Trinajstić information content (AvgIpc) is 3.04.